The van der Waals surface area contributed by atoms with E-state index in [0.717, 1.165) is 12.1 Å². The number of rotatable bonds is 4. The van der Waals surface area contributed by atoms with E-state index in [1.807, 2.05) is 0 Å². The van der Waals surface area contributed by atoms with Crippen LogP contribution in [0.2, 0.25) is 0 Å². The van der Waals surface area contributed by atoms with E-state index in [1.54, 1.807) is 0 Å². The molecule has 0 heterocycles. The van der Waals surface area contributed by atoms with Crippen LogP contribution in [0.25, 0.3) is 0 Å². The fourth-order valence-corrected chi connectivity index (χ4v) is 2.30. The molecular formula is C13H17FO4S. The van der Waals surface area contributed by atoms with Crippen molar-refractivity contribution in [3.05, 3.63) is 29.6 Å². The summed E-state index contributed by atoms with van der Waals surface area (Å²) < 4.78 is 41.0. The van der Waals surface area contributed by atoms with Crippen LogP contribution in [0.5, 0.6) is 5.75 Å². The lowest BCUT2D eigenvalue weighted by molar-refractivity contribution is 0.101. The van der Waals surface area contributed by atoms with Gasteiger partial charge in [-0.15, -0.1) is 0 Å². The number of benzene rings is 1. The second-order valence-corrected chi connectivity index (χ2v) is 7.88. The van der Waals surface area contributed by atoms with Gasteiger partial charge in [0.2, 0.25) is 0 Å². The number of hydrogen-bond donors (Lipinski definition) is 0. The Morgan fingerprint density at radius 2 is 1.89 bits per heavy atom. The third-order valence-corrected chi connectivity index (χ3v) is 5.22. The highest BCUT2D eigenvalue weighted by molar-refractivity contribution is 7.93. The molecule has 106 valence electrons. The molecule has 0 spiro atoms. The normalized spacial score (nSPS) is 12.3. The van der Waals surface area contributed by atoms with Crippen LogP contribution in [-0.4, -0.2) is 31.8 Å². The maximum absolute atomic E-state index is 13.2. The number of methoxy groups -OCH3 is 1. The molecule has 0 radical (unpaired) electrons. The first kappa shape index (κ1) is 15.6. The van der Waals surface area contributed by atoms with Crippen molar-refractivity contribution in [2.75, 3.05) is 12.9 Å². The smallest absolute Gasteiger partial charge is 0.181 e. The van der Waals surface area contributed by atoms with Gasteiger partial charge in [0, 0.05) is 0 Å². The first-order valence-corrected chi connectivity index (χ1v) is 7.33. The van der Waals surface area contributed by atoms with Gasteiger partial charge in [-0.05, 0) is 39.0 Å². The van der Waals surface area contributed by atoms with Gasteiger partial charge < -0.3 is 4.74 Å². The molecule has 19 heavy (non-hydrogen) atoms. The van der Waals surface area contributed by atoms with Crippen LogP contribution in [0.4, 0.5) is 4.39 Å². The summed E-state index contributed by atoms with van der Waals surface area (Å²) in [6.07, 6.45) is 0. The van der Waals surface area contributed by atoms with Gasteiger partial charge in [-0.3, -0.25) is 4.79 Å². The number of carbonyl (C=O) groups excluding carboxylic acids is 1. The summed E-state index contributed by atoms with van der Waals surface area (Å²) in [5.41, 5.74) is -0.0599. The Kier molecular flexibility index (Phi) is 4.35. The Hall–Kier alpha value is -1.43. The van der Waals surface area contributed by atoms with E-state index >= 15 is 0 Å². The Bertz CT molecular complexity index is 585. The maximum atomic E-state index is 13.2. The molecule has 0 aliphatic rings. The Morgan fingerprint density at radius 3 is 2.37 bits per heavy atom. The number of halogens is 1. The zero-order valence-electron chi connectivity index (χ0n) is 11.4. The van der Waals surface area contributed by atoms with Crippen LogP contribution < -0.4 is 4.74 Å². The first-order valence-electron chi connectivity index (χ1n) is 5.67. The number of sulfone groups is 1. The van der Waals surface area contributed by atoms with Crippen LogP contribution >= 0.6 is 0 Å². The zero-order chi connectivity index (χ0) is 14.8. The molecule has 0 aromatic heterocycles. The predicted octanol–water partition coefficient (Wildman–Crippen LogP) is 2.23. The quantitative estimate of drug-likeness (QED) is 0.797. The van der Waals surface area contributed by atoms with E-state index < -0.39 is 31.9 Å². The fraction of sp³-hybridized carbons (Fsp3) is 0.462. The number of carbonyl (C=O) groups is 1. The number of ether oxygens (including phenoxy) is 1. The lowest BCUT2D eigenvalue weighted by Crippen LogP contribution is -2.33. The molecule has 4 nitrogen and oxygen atoms in total. The monoisotopic (exact) mass is 288 g/mol. The standard InChI is InChI=1S/C13H17FO4S/c1-13(2,3)19(16,17)8-11(15)10-7-9(14)5-6-12(10)18-4/h5-7H,8H2,1-4H3. The van der Waals surface area contributed by atoms with Crippen LogP contribution in [0.1, 0.15) is 31.1 Å². The third-order valence-electron chi connectivity index (χ3n) is 2.72. The van der Waals surface area contributed by atoms with Crippen molar-refractivity contribution in [3.8, 4) is 5.75 Å². The van der Waals surface area contributed by atoms with E-state index in [0.29, 0.717) is 0 Å². The number of hydrogen-bond acceptors (Lipinski definition) is 4. The number of ketones is 1. The first-order chi connectivity index (χ1) is 8.58. The molecule has 0 fully saturated rings. The average Bonchev–Trinajstić information content (AvgIpc) is 2.26. The molecule has 0 aliphatic carbocycles. The van der Waals surface area contributed by atoms with Crippen LogP contribution in [0, 0.1) is 5.82 Å². The lowest BCUT2D eigenvalue weighted by atomic mass is 10.1. The van der Waals surface area contributed by atoms with Crippen LogP contribution in [-0.2, 0) is 9.84 Å². The summed E-state index contributed by atoms with van der Waals surface area (Å²) in [6, 6.07) is 3.43. The Labute approximate surface area is 112 Å². The molecule has 0 saturated heterocycles. The second kappa shape index (κ2) is 5.28. The SMILES string of the molecule is COc1ccc(F)cc1C(=O)CS(=O)(=O)C(C)(C)C. The summed E-state index contributed by atoms with van der Waals surface area (Å²) in [5, 5.41) is 0. The van der Waals surface area contributed by atoms with Gasteiger partial charge in [-0.25, -0.2) is 12.8 Å². The van der Waals surface area contributed by atoms with Gasteiger partial charge >= 0.3 is 0 Å². The van der Waals surface area contributed by atoms with Gasteiger partial charge in [-0.2, -0.15) is 0 Å². The molecule has 0 unspecified atom stereocenters. The largest absolute Gasteiger partial charge is 0.496 e. The molecule has 0 saturated carbocycles. The van der Waals surface area contributed by atoms with E-state index in [2.05, 4.69) is 0 Å². The summed E-state index contributed by atoms with van der Waals surface area (Å²) in [4.78, 5) is 12.0. The summed E-state index contributed by atoms with van der Waals surface area (Å²) in [6.45, 7) is 4.54. The average molecular weight is 288 g/mol. The van der Waals surface area contributed by atoms with Crippen molar-refractivity contribution in [1.82, 2.24) is 0 Å². The van der Waals surface area contributed by atoms with Crippen molar-refractivity contribution in [1.29, 1.82) is 0 Å². The molecule has 1 aromatic carbocycles. The molecular weight excluding hydrogens is 271 g/mol. The van der Waals surface area contributed by atoms with Crippen molar-refractivity contribution in [2.24, 2.45) is 0 Å². The van der Waals surface area contributed by atoms with Crippen molar-refractivity contribution < 1.29 is 22.3 Å². The molecule has 0 bridgehead atoms. The zero-order valence-corrected chi connectivity index (χ0v) is 12.2. The van der Waals surface area contributed by atoms with E-state index in [-0.39, 0.29) is 11.3 Å². The van der Waals surface area contributed by atoms with Gasteiger partial charge in [0.15, 0.2) is 15.6 Å². The molecule has 0 amide bonds. The molecule has 6 heteroatoms. The summed E-state index contributed by atoms with van der Waals surface area (Å²) >= 11 is 0. The Balaban J connectivity index is 3.13. The van der Waals surface area contributed by atoms with Crippen molar-refractivity contribution in [3.63, 3.8) is 0 Å². The number of Topliss-reactive ketones (excluding diaryl/α,β-unsaturated/α-hetero) is 1. The van der Waals surface area contributed by atoms with Crippen LogP contribution in [0.15, 0.2) is 18.2 Å². The molecule has 1 rings (SSSR count). The highest BCUT2D eigenvalue weighted by Gasteiger charge is 2.32. The van der Waals surface area contributed by atoms with Gasteiger partial charge in [-0.1, -0.05) is 0 Å². The summed E-state index contributed by atoms with van der Waals surface area (Å²) in [5.74, 6) is -1.80. The van der Waals surface area contributed by atoms with Gasteiger partial charge in [0.05, 0.1) is 17.4 Å². The van der Waals surface area contributed by atoms with E-state index in [4.69, 9.17) is 4.74 Å². The predicted molar refractivity (Wildman–Crippen MR) is 70.8 cm³/mol. The summed E-state index contributed by atoms with van der Waals surface area (Å²) in [7, 11) is -2.27. The van der Waals surface area contributed by atoms with Gasteiger partial charge in [0.25, 0.3) is 0 Å². The minimum absolute atomic E-state index is 0.0599. The minimum atomic E-state index is -3.61. The molecule has 0 aliphatic heterocycles. The van der Waals surface area contributed by atoms with Crippen LogP contribution in [0.3, 0.4) is 0 Å². The topological polar surface area (TPSA) is 60.4 Å². The lowest BCUT2D eigenvalue weighted by Gasteiger charge is -2.18. The highest BCUT2D eigenvalue weighted by Crippen LogP contribution is 2.23. The Morgan fingerprint density at radius 1 is 1.32 bits per heavy atom. The molecule has 0 N–H and O–H groups in total. The highest BCUT2D eigenvalue weighted by atomic mass is 32.2. The molecule has 0 atom stereocenters. The molecule has 1 aromatic rings. The maximum Gasteiger partial charge on any atom is 0.181 e. The fourth-order valence-electron chi connectivity index (χ4n) is 1.36. The van der Waals surface area contributed by atoms with Crippen molar-refractivity contribution >= 4 is 15.6 Å². The van der Waals surface area contributed by atoms with E-state index in [1.165, 1.54) is 33.9 Å². The van der Waals surface area contributed by atoms with E-state index in [9.17, 15) is 17.6 Å². The minimum Gasteiger partial charge on any atom is -0.496 e. The van der Waals surface area contributed by atoms with Crippen molar-refractivity contribution in [2.45, 2.75) is 25.5 Å². The van der Waals surface area contributed by atoms with Gasteiger partial charge in [0.1, 0.15) is 17.3 Å². The third kappa shape index (κ3) is 3.53. The second-order valence-electron chi connectivity index (χ2n) is 5.14.